The number of hydrogen-bond donors (Lipinski definition) is 1. The molecule has 0 radical (unpaired) electrons. The topological polar surface area (TPSA) is 76.7 Å². The number of hydrogen-bond acceptors (Lipinski definition) is 5. The van der Waals surface area contributed by atoms with Gasteiger partial charge in [-0.25, -0.2) is 4.98 Å². The average molecular weight is 467 g/mol. The third-order valence-electron chi connectivity index (χ3n) is 3.56. The second-order valence-electron chi connectivity index (χ2n) is 5.24. The summed E-state index contributed by atoms with van der Waals surface area (Å²) in [5.41, 5.74) is 1.01. The molecule has 0 amide bonds. The second-order valence-corrected chi connectivity index (χ2v) is 7.01. The van der Waals surface area contributed by atoms with Crippen LogP contribution in [0.4, 0.5) is 0 Å². The van der Waals surface area contributed by atoms with Crippen molar-refractivity contribution in [1.29, 1.82) is 0 Å². The molecule has 25 heavy (non-hydrogen) atoms. The monoisotopic (exact) mass is 465 g/mol. The van der Waals surface area contributed by atoms with Crippen LogP contribution < -0.4 is 10.3 Å². The number of aromatic nitrogens is 2. The Balaban J connectivity index is 2.10. The summed E-state index contributed by atoms with van der Waals surface area (Å²) in [6, 6.07) is 8.63. The van der Waals surface area contributed by atoms with Gasteiger partial charge in [-0.15, -0.1) is 0 Å². The van der Waals surface area contributed by atoms with Crippen molar-refractivity contribution in [2.75, 3.05) is 7.11 Å². The average Bonchev–Trinajstić information content (AvgIpc) is 2.58. The number of aromatic hydroxyl groups is 1. The minimum absolute atomic E-state index is 0.00483. The molecule has 1 N–H and O–H groups in total. The van der Waals surface area contributed by atoms with Crippen molar-refractivity contribution >= 4 is 49.0 Å². The van der Waals surface area contributed by atoms with Crippen LogP contribution in [0.5, 0.6) is 11.5 Å². The summed E-state index contributed by atoms with van der Waals surface area (Å²) in [4.78, 5) is 17.1. The lowest BCUT2D eigenvalue weighted by Gasteiger charge is -2.07. The summed E-state index contributed by atoms with van der Waals surface area (Å²) >= 11 is 6.61. The number of aryl methyl sites for hydroxylation is 1. The fourth-order valence-corrected chi connectivity index (χ4v) is 3.16. The molecule has 0 aliphatic carbocycles. The summed E-state index contributed by atoms with van der Waals surface area (Å²) in [6.07, 6.45) is 1.51. The molecule has 0 spiro atoms. The number of halogens is 2. The molecule has 6 nitrogen and oxygen atoms in total. The van der Waals surface area contributed by atoms with E-state index in [0.717, 1.165) is 4.47 Å². The van der Waals surface area contributed by atoms with Crippen molar-refractivity contribution in [3.05, 3.63) is 61.0 Å². The van der Waals surface area contributed by atoms with Gasteiger partial charge in [0, 0.05) is 4.47 Å². The van der Waals surface area contributed by atoms with Crippen LogP contribution in [0.25, 0.3) is 10.9 Å². The summed E-state index contributed by atoms with van der Waals surface area (Å²) in [7, 11) is 1.46. The Morgan fingerprint density at radius 3 is 2.76 bits per heavy atom. The van der Waals surface area contributed by atoms with Crippen molar-refractivity contribution in [1.82, 2.24) is 9.66 Å². The van der Waals surface area contributed by atoms with Gasteiger partial charge < -0.3 is 9.84 Å². The van der Waals surface area contributed by atoms with Crippen molar-refractivity contribution in [3.63, 3.8) is 0 Å². The Bertz CT molecular complexity index is 1060. The molecule has 0 fully saturated rings. The van der Waals surface area contributed by atoms with Crippen LogP contribution in [0.3, 0.4) is 0 Å². The molecule has 2 aromatic carbocycles. The van der Waals surface area contributed by atoms with E-state index >= 15 is 0 Å². The smallest absolute Gasteiger partial charge is 0.282 e. The number of fused-ring (bicyclic) bond motifs is 1. The Labute approximate surface area is 160 Å². The van der Waals surface area contributed by atoms with Gasteiger partial charge in [-0.3, -0.25) is 4.79 Å². The Morgan fingerprint density at radius 1 is 1.28 bits per heavy atom. The maximum atomic E-state index is 12.7. The maximum absolute atomic E-state index is 12.7. The zero-order valence-corrected chi connectivity index (χ0v) is 16.5. The lowest BCUT2D eigenvalue weighted by molar-refractivity contribution is 0.372. The normalized spacial score (nSPS) is 11.4. The van der Waals surface area contributed by atoms with Gasteiger partial charge in [0.2, 0.25) is 0 Å². The minimum Gasteiger partial charge on any atom is -0.503 e. The van der Waals surface area contributed by atoms with Crippen LogP contribution in [-0.2, 0) is 0 Å². The van der Waals surface area contributed by atoms with Gasteiger partial charge >= 0.3 is 0 Å². The van der Waals surface area contributed by atoms with Crippen LogP contribution in [0, 0.1) is 6.92 Å². The van der Waals surface area contributed by atoms with Crippen LogP contribution in [0.1, 0.15) is 11.4 Å². The van der Waals surface area contributed by atoms with Crippen LogP contribution in [0.2, 0.25) is 0 Å². The number of phenols is 1. The zero-order chi connectivity index (χ0) is 18.1. The maximum Gasteiger partial charge on any atom is 0.282 e. The van der Waals surface area contributed by atoms with Gasteiger partial charge in [-0.05, 0) is 58.7 Å². The molecule has 0 aliphatic heterocycles. The lowest BCUT2D eigenvalue weighted by Crippen LogP contribution is -2.20. The van der Waals surface area contributed by atoms with E-state index in [1.807, 2.05) is 6.07 Å². The summed E-state index contributed by atoms with van der Waals surface area (Å²) < 4.78 is 7.61. The third-order valence-corrected chi connectivity index (χ3v) is 4.66. The highest BCUT2D eigenvalue weighted by atomic mass is 79.9. The quantitative estimate of drug-likeness (QED) is 0.595. The SMILES string of the molecule is COc1cc(/C=N/n2c(C)nc3ccc(Br)cc3c2=O)cc(Br)c1O. The number of methoxy groups -OCH3 is 1. The largest absolute Gasteiger partial charge is 0.503 e. The van der Waals surface area contributed by atoms with E-state index in [2.05, 4.69) is 41.9 Å². The van der Waals surface area contributed by atoms with Crippen molar-refractivity contribution in [2.24, 2.45) is 5.10 Å². The Morgan fingerprint density at radius 2 is 2.04 bits per heavy atom. The van der Waals surface area contributed by atoms with Crippen LogP contribution in [-0.4, -0.2) is 28.1 Å². The molecule has 128 valence electrons. The minimum atomic E-state index is -0.259. The Kier molecular flexibility index (Phi) is 4.91. The molecule has 0 atom stereocenters. The first kappa shape index (κ1) is 17.6. The van der Waals surface area contributed by atoms with Gasteiger partial charge in [0.1, 0.15) is 5.82 Å². The van der Waals surface area contributed by atoms with E-state index in [0.29, 0.717) is 32.5 Å². The van der Waals surface area contributed by atoms with Gasteiger partial charge in [-0.2, -0.15) is 9.78 Å². The number of phenolic OH excluding ortho intramolecular Hbond substituents is 1. The predicted octanol–water partition coefficient (Wildman–Crippen LogP) is 3.83. The highest BCUT2D eigenvalue weighted by Crippen LogP contribution is 2.34. The number of benzene rings is 2. The fraction of sp³-hybridized carbons (Fsp3) is 0.118. The first-order valence-electron chi connectivity index (χ1n) is 7.20. The first-order chi connectivity index (χ1) is 11.9. The van der Waals surface area contributed by atoms with Crippen molar-refractivity contribution in [2.45, 2.75) is 6.92 Å². The summed E-state index contributed by atoms with van der Waals surface area (Å²) in [6.45, 7) is 1.72. The molecular weight excluding hydrogens is 454 g/mol. The lowest BCUT2D eigenvalue weighted by atomic mass is 10.2. The van der Waals surface area contributed by atoms with Gasteiger partial charge in [0.05, 0.1) is 28.7 Å². The second kappa shape index (κ2) is 6.97. The molecular formula is C17H13Br2N3O3. The fourth-order valence-electron chi connectivity index (χ4n) is 2.34. The standard InChI is InChI=1S/C17H13Br2N3O3/c1-9-21-14-4-3-11(18)7-12(14)17(24)22(9)20-8-10-5-13(19)16(23)15(6-10)25-2/h3-8,23H,1-2H3/b20-8+. The summed E-state index contributed by atoms with van der Waals surface area (Å²) in [5, 5.41) is 14.6. The van der Waals surface area contributed by atoms with E-state index in [4.69, 9.17) is 4.74 Å². The van der Waals surface area contributed by atoms with E-state index in [9.17, 15) is 9.90 Å². The van der Waals surface area contributed by atoms with Gasteiger partial charge in [0.15, 0.2) is 11.5 Å². The van der Waals surface area contributed by atoms with Crippen molar-refractivity contribution in [3.8, 4) is 11.5 Å². The molecule has 1 aromatic heterocycles. The molecule has 3 aromatic rings. The molecule has 3 rings (SSSR count). The highest BCUT2D eigenvalue weighted by Gasteiger charge is 2.09. The van der Waals surface area contributed by atoms with E-state index < -0.39 is 0 Å². The van der Waals surface area contributed by atoms with E-state index in [-0.39, 0.29) is 11.3 Å². The molecule has 0 aliphatic rings. The molecule has 0 saturated heterocycles. The number of nitrogens with zero attached hydrogens (tertiary/aromatic N) is 3. The number of ether oxygens (including phenoxy) is 1. The van der Waals surface area contributed by atoms with Gasteiger partial charge in [-0.1, -0.05) is 15.9 Å². The highest BCUT2D eigenvalue weighted by molar-refractivity contribution is 9.10. The Hall–Kier alpha value is -2.19. The predicted molar refractivity (Wildman–Crippen MR) is 104 cm³/mol. The van der Waals surface area contributed by atoms with E-state index in [1.54, 1.807) is 31.2 Å². The first-order valence-corrected chi connectivity index (χ1v) is 8.79. The van der Waals surface area contributed by atoms with Gasteiger partial charge in [0.25, 0.3) is 5.56 Å². The van der Waals surface area contributed by atoms with E-state index in [1.165, 1.54) is 18.0 Å². The molecule has 0 bridgehead atoms. The number of rotatable bonds is 3. The third kappa shape index (κ3) is 3.45. The summed E-state index contributed by atoms with van der Waals surface area (Å²) in [5.74, 6) is 0.784. The molecule has 0 unspecified atom stereocenters. The zero-order valence-electron chi connectivity index (χ0n) is 13.3. The molecule has 1 heterocycles. The molecule has 0 saturated carbocycles. The van der Waals surface area contributed by atoms with Crippen LogP contribution >= 0.6 is 31.9 Å². The van der Waals surface area contributed by atoms with Crippen molar-refractivity contribution < 1.29 is 9.84 Å². The molecule has 8 heteroatoms. The van der Waals surface area contributed by atoms with Crippen LogP contribution in [0.15, 0.2) is 49.2 Å².